The molecule has 2 aromatic rings. The molecule has 0 saturated heterocycles. The molecule has 2 aromatic heterocycles. The smallest absolute Gasteiger partial charge is 0.229 e. The van der Waals surface area contributed by atoms with Gasteiger partial charge < -0.3 is 10.5 Å². The average Bonchev–Trinajstić information content (AvgIpc) is 2.55. The summed E-state index contributed by atoms with van der Waals surface area (Å²) in [6.07, 6.45) is 1.67. The van der Waals surface area contributed by atoms with Gasteiger partial charge in [-0.2, -0.15) is 5.10 Å². The Labute approximate surface area is 117 Å². The van der Waals surface area contributed by atoms with Crippen molar-refractivity contribution in [3.63, 3.8) is 0 Å². The van der Waals surface area contributed by atoms with E-state index >= 15 is 0 Å². The molecule has 5 nitrogen and oxygen atoms in total. The third-order valence-corrected chi connectivity index (χ3v) is 3.22. The molecule has 0 saturated carbocycles. The van der Waals surface area contributed by atoms with E-state index in [1.54, 1.807) is 10.9 Å². The third-order valence-electron chi connectivity index (χ3n) is 3.01. The van der Waals surface area contributed by atoms with Crippen molar-refractivity contribution in [2.45, 2.75) is 20.8 Å². The van der Waals surface area contributed by atoms with Crippen molar-refractivity contribution in [1.29, 1.82) is 0 Å². The van der Waals surface area contributed by atoms with Gasteiger partial charge in [0.1, 0.15) is 10.7 Å². The van der Waals surface area contributed by atoms with Gasteiger partial charge in [-0.1, -0.05) is 12.2 Å². The molecule has 0 aliphatic heterocycles. The van der Waals surface area contributed by atoms with Crippen LogP contribution in [0.1, 0.15) is 22.5 Å². The van der Waals surface area contributed by atoms with Crippen LogP contribution in [0.2, 0.25) is 0 Å². The molecule has 6 heteroatoms. The molecule has 0 aromatic carbocycles. The largest absolute Gasteiger partial charge is 0.434 e. The summed E-state index contributed by atoms with van der Waals surface area (Å²) in [6, 6.07) is 1.85. The summed E-state index contributed by atoms with van der Waals surface area (Å²) in [7, 11) is 1.87. The van der Waals surface area contributed by atoms with Gasteiger partial charge in [0.2, 0.25) is 5.88 Å². The van der Waals surface area contributed by atoms with Crippen molar-refractivity contribution in [2.75, 3.05) is 0 Å². The van der Waals surface area contributed by atoms with E-state index in [4.69, 9.17) is 22.7 Å². The van der Waals surface area contributed by atoms with Gasteiger partial charge in [-0.25, -0.2) is 4.98 Å². The first kappa shape index (κ1) is 13.5. The van der Waals surface area contributed by atoms with Crippen LogP contribution in [0.25, 0.3) is 0 Å². The predicted molar refractivity (Wildman–Crippen MR) is 77.6 cm³/mol. The first-order valence-electron chi connectivity index (χ1n) is 5.85. The Bertz CT molecular complexity index is 648. The van der Waals surface area contributed by atoms with Crippen LogP contribution in [0.4, 0.5) is 0 Å². The molecule has 0 unspecified atom stereocenters. The summed E-state index contributed by atoms with van der Waals surface area (Å²) < 4.78 is 7.64. The van der Waals surface area contributed by atoms with Crippen LogP contribution in [0, 0.1) is 20.8 Å². The number of nitrogens with two attached hydrogens (primary N) is 1. The Kier molecular flexibility index (Phi) is 3.53. The van der Waals surface area contributed by atoms with Gasteiger partial charge in [-0.3, -0.25) is 4.68 Å². The second kappa shape index (κ2) is 4.97. The summed E-state index contributed by atoms with van der Waals surface area (Å²) in [4.78, 5) is 4.50. The molecule has 0 aliphatic carbocycles. The second-order valence-electron chi connectivity index (χ2n) is 4.40. The lowest BCUT2D eigenvalue weighted by Gasteiger charge is -2.11. The van der Waals surface area contributed by atoms with E-state index in [9.17, 15) is 0 Å². The lowest BCUT2D eigenvalue weighted by molar-refractivity contribution is 0.453. The maximum atomic E-state index is 5.87. The van der Waals surface area contributed by atoms with E-state index in [1.807, 2.05) is 33.9 Å². The monoisotopic (exact) mass is 276 g/mol. The molecule has 2 heterocycles. The van der Waals surface area contributed by atoms with Crippen molar-refractivity contribution in [2.24, 2.45) is 12.8 Å². The van der Waals surface area contributed by atoms with Gasteiger partial charge in [-0.05, 0) is 32.4 Å². The molecule has 0 radical (unpaired) electrons. The number of nitrogens with zero attached hydrogens (tertiary/aromatic N) is 3. The van der Waals surface area contributed by atoms with E-state index in [1.165, 1.54) is 0 Å². The van der Waals surface area contributed by atoms with Gasteiger partial charge >= 0.3 is 0 Å². The predicted octanol–water partition coefficient (Wildman–Crippen LogP) is 2.17. The van der Waals surface area contributed by atoms with Gasteiger partial charge in [0.25, 0.3) is 0 Å². The fourth-order valence-corrected chi connectivity index (χ4v) is 2.16. The van der Waals surface area contributed by atoms with E-state index in [0.29, 0.717) is 17.2 Å². The average molecular weight is 276 g/mol. The highest BCUT2D eigenvalue weighted by Gasteiger charge is 2.17. The van der Waals surface area contributed by atoms with Gasteiger partial charge in [0.05, 0.1) is 11.3 Å². The van der Waals surface area contributed by atoms with Crippen molar-refractivity contribution in [3.05, 3.63) is 34.8 Å². The third kappa shape index (κ3) is 2.44. The number of ether oxygens (including phenoxy) is 1. The molecular weight excluding hydrogens is 260 g/mol. The highest BCUT2D eigenvalue weighted by molar-refractivity contribution is 7.80. The lowest BCUT2D eigenvalue weighted by Crippen LogP contribution is -2.13. The Morgan fingerprint density at radius 2 is 2.05 bits per heavy atom. The quantitative estimate of drug-likeness (QED) is 0.870. The van der Waals surface area contributed by atoms with Crippen LogP contribution >= 0.6 is 12.2 Å². The highest BCUT2D eigenvalue weighted by atomic mass is 32.1. The molecular formula is C13H16N4OS. The maximum absolute atomic E-state index is 5.87. The fourth-order valence-electron chi connectivity index (χ4n) is 1.91. The second-order valence-corrected chi connectivity index (χ2v) is 4.84. The first-order chi connectivity index (χ1) is 8.91. The van der Waals surface area contributed by atoms with Crippen LogP contribution in [0.3, 0.4) is 0 Å². The van der Waals surface area contributed by atoms with Gasteiger partial charge in [0, 0.05) is 13.2 Å². The summed E-state index contributed by atoms with van der Waals surface area (Å²) >= 11 is 5.06. The number of hydrogen-bond acceptors (Lipinski definition) is 4. The molecule has 0 atom stereocenters. The molecule has 19 heavy (non-hydrogen) atoms. The normalized spacial score (nSPS) is 10.5. The number of hydrogen-bond donors (Lipinski definition) is 1. The molecule has 0 spiro atoms. The van der Waals surface area contributed by atoms with E-state index in [-0.39, 0.29) is 4.99 Å². The number of rotatable bonds is 3. The summed E-state index contributed by atoms with van der Waals surface area (Å²) in [5.74, 6) is 1.12. The summed E-state index contributed by atoms with van der Waals surface area (Å²) in [6.45, 7) is 5.75. The molecule has 0 bridgehead atoms. The number of aromatic nitrogens is 3. The van der Waals surface area contributed by atoms with Crippen LogP contribution in [-0.4, -0.2) is 19.8 Å². The molecule has 2 rings (SSSR count). The first-order valence-corrected chi connectivity index (χ1v) is 6.26. The highest BCUT2D eigenvalue weighted by Crippen LogP contribution is 2.29. The van der Waals surface area contributed by atoms with Crippen molar-refractivity contribution < 1.29 is 4.74 Å². The van der Waals surface area contributed by atoms with E-state index < -0.39 is 0 Å². The molecule has 100 valence electrons. The van der Waals surface area contributed by atoms with Gasteiger partial charge in [0.15, 0.2) is 5.75 Å². The number of thiocarbonyl (C=S) groups is 1. The van der Waals surface area contributed by atoms with Crippen molar-refractivity contribution >= 4 is 17.2 Å². The zero-order chi connectivity index (χ0) is 14.2. The van der Waals surface area contributed by atoms with Crippen molar-refractivity contribution in [1.82, 2.24) is 14.8 Å². The zero-order valence-electron chi connectivity index (χ0n) is 11.4. The Morgan fingerprint density at radius 1 is 1.37 bits per heavy atom. The lowest BCUT2D eigenvalue weighted by atomic mass is 10.1. The number of pyridine rings is 1. The minimum Gasteiger partial charge on any atom is -0.434 e. The summed E-state index contributed by atoms with van der Waals surface area (Å²) in [5, 5.41) is 4.30. The minimum atomic E-state index is 0.278. The van der Waals surface area contributed by atoms with Crippen LogP contribution in [0.5, 0.6) is 11.6 Å². The van der Waals surface area contributed by atoms with E-state index in [0.717, 1.165) is 17.0 Å². The SMILES string of the molecule is Cc1ccnc(Oc2c(C)nn(C)c2C)c1C(N)=S. The molecule has 0 aliphatic rings. The Hall–Kier alpha value is -1.95. The molecule has 2 N–H and O–H groups in total. The fraction of sp³-hybridized carbons (Fsp3) is 0.308. The van der Waals surface area contributed by atoms with E-state index in [2.05, 4.69) is 10.1 Å². The molecule has 0 amide bonds. The Balaban J connectivity index is 2.50. The number of aryl methyl sites for hydroxylation is 3. The van der Waals surface area contributed by atoms with Crippen LogP contribution in [0.15, 0.2) is 12.3 Å². The minimum absolute atomic E-state index is 0.278. The zero-order valence-corrected chi connectivity index (χ0v) is 12.2. The molecule has 0 fully saturated rings. The maximum Gasteiger partial charge on any atom is 0.229 e. The standard InChI is InChI=1S/C13H16N4OS/c1-7-5-6-15-13(10(7)12(14)19)18-11-8(2)16-17(4)9(11)3/h5-6H,1-4H3,(H2,14,19). The van der Waals surface area contributed by atoms with Crippen LogP contribution < -0.4 is 10.5 Å². The topological polar surface area (TPSA) is 66.0 Å². The van der Waals surface area contributed by atoms with Crippen LogP contribution in [-0.2, 0) is 7.05 Å². The van der Waals surface area contributed by atoms with Crippen molar-refractivity contribution in [3.8, 4) is 11.6 Å². The van der Waals surface area contributed by atoms with Gasteiger partial charge in [-0.15, -0.1) is 0 Å². The summed E-state index contributed by atoms with van der Waals surface area (Å²) in [5.41, 5.74) is 9.08. The Morgan fingerprint density at radius 3 is 2.58 bits per heavy atom.